The van der Waals surface area contributed by atoms with E-state index in [0.717, 1.165) is 59.2 Å². The first-order chi connectivity index (χ1) is 13.0. The van der Waals surface area contributed by atoms with Crippen LogP contribution in [0.1, 0.15) is 41.3 Å². The molecule has 0 saturated carbocycles. The number of likely N-dealkylation sites (tertiary alicyclic amines) is 1. The maximum absolute atomic E-state index is 13.5. The Morgan fingerprint density at radius 2 is 1.67 bits per heavy atom. The molecule has 1 aliphatic heterocycles. The number of nitrogens with zero attached hydrogens (tertiary/aromatic N) is 2. The van der Waals surface area contributed by atoms with Crippen LogP contribution in [0.2, 0.25) is 0 Å². The topological polar surface area (TPSA) is 33.2 Å². The summed E-state index contributed by atoms with van der Waals surface area (Å²) < 4.78 is 0. The van der Waals surface area contributed by atoms with Crippen molar-refractivity contribution in [2.45, 2.75) is 33.6 Å². The van der Waals surface area contributed by atoms with Gasteiger partial charge in [0.15, 0.2) is 0 Å². The van der Waals surface area contributed by atoms with Crippen LogP contribution in [-0.2, 0) is 0 Å². The molecule has 0 N–H and O–H groups in total. The van der Waals surface area contributed by atoms with E-state index >= 15 is 0 Å². The van der Waals surface area contributed by atoms with Crippen LogP contribution < -0.4 is 0 Å². The van der Waals surface area contributed by atoms with Crippen LogP contribution in [0.3, 0.4) is 0 Å². The van der Waals surface area contributed by atoms with Crippen LogP contribution in [0.15, 0.2) is 48.5 Å². The third kappa shape index (κ3) is 3.34. The first-order valence-electron chi connectivity index (χ1n) is 9.80. The van der Waals surface area contributed by atoms with E-state index in [2.05, 4.69) is 38.1 Å². The largest absolute Gasteiger partial charge is 0.339 e. The van der Waals surface area contributed by atoms with Crippen molar-refractivity contribution in [1.29, 1.82) is 0 Å². The number of fused-ring (bicyclic) bond motifs is 1. The maximum atomic E-state index is 13.5. The fourth-order valence-electron chi connectivity index (χ4n) is 3.95. The van der Waals surface area contributed by atoms with E-state index in [0.29, 0.717) is 5.92 Å². The van der Waals surface area contributed by atoms with Crippen molar-refractivity contribution < 1.29 is 4.79 Å². The quantitative estimate of drug-likeness (QED) is 0.615. The van der Waals surface area contributed by atoms with Crippen molar-refractivity contribution in [2.75, 3.05) is 13.1 Å². The summed E-state index contributed by atoms with van der Waals surface area (Å²) in [4.78, 5) is 20.4. The maximum Gasteiger partial charge on any atom is 0.254 e. The van der Waals surface area contributed by atoms with Gasteiger partial charge in [-0.1, -0.05) is 55.0 Å². The van der Waals surface area contributed by atoms with Crippen molar-refractivity contribution in [3.05, 3.63) is 65.2 Å². The predicted molar refractivity (Wildman–Crippen MR) is 111 cm³/mol. The minimum atomic E-state index is 0.145. The molecule has 0 unspecified atom stereocenters. The fraction of sp³-hybridized carbons (Fsp3) is 0.333. The molecule has 0 atom stereocenters. The molecular formula is C24H26N2O. The molecule has 3 nitrogen and oxygen atoms in total. The minimum Gasteiger partial charge on any atom is -0.339 e. The van der Waals surface area contributed by atoms with E-state index in [9.17, 15) is 4.79 Å². The zero-order valence-electron chi connectivity index (χ0n) is 16.3. The number of piperidine rings is 1. The van der Waals surface area contributed by atoms with Gasteiger partial charge in [-0.05, 0) is 44.2 Å². The number of rotatable bonds is 2. The number of aromatic nitrogens is 1. The second-order valence-corrected chi connectivity index (χ2v) is 7.82. The molecule has 0 spiro atoms. The Hall–Kier alpha value is -2.68. The van der Waals surface area contributed by atoms with E-state index in [1.807, 2.05) is 36.1 Å². The van der Waals surface area contributed by atoms with Crippen molar-refractivity contribution >= 4 is 16.8 Å². The number of aryl methyl sites for hydroxylation is 1. The highest BCUT2D eigenvalue weighted by atomic mass is 16.2. The lowest BCUT2D eigenvalue weighted by Gasteiger charge is -2.31. The minimum absolute atomic E-state index is 0.145. The van der Waals surface area contributed by atoms with Crippen molar-refractivity contribution in [3.8, 4) is 11.3 Å². The van der Waals surface area contributed by atoms with Gasteiger partial charge in [0.25, 0.3) is 5.91 Å². The van der Waals surface area contributed by atoms with E-state index in [1.54, 1.807) is 0 Å². The molecular weight excluding hydrogens is 332 g/mol. The van der Waals surface area contributed by atoms with E-state index in [4.69, 9.17) is 4.98 Å². The molecule has 1 aromatic heterocycles. The molecule has 1 aliphatic rings. The van der Waals surface area contributed by atoms with Crippen LogP contribution >= 0.6 is 0 Å². The number of amides is 1. The highest BCUT2D eigenvalue weighted by Gasteiger charge is 2.26. The lowest BCUT2D eigenvalue weighted by Crippen LogP contribution is -2.38. The summed E-state index contributed by atoms with van der Waals surface area (Å²) in [6.45, 7) is 8.07. The van der Waals surface area contributed by atoms with Crippen molar-refractivity contribution in [2.24, 2.45) is 5.92 Å². The number of pyridine rings is 1. The molecule has 0 bridgehead atoms. The molecule has 1 fully saturated rings. The van der Waals surface area contributed by atoms with Crippen molar-refractivity contribution in [1.82, 2.24) is 9.88 Å². The zero-order chi connectivity index (χ0) is 19.0. The number of hydrogen-bond acceptors (Lipinski definition) is 2. The Bertz CT molecular complexity index is 983. The van der Waals surface area contributed by atoms with Gasteiger partial charge in [-0.3, -0.25) is 4.79 Å². The first kappa shape index (κ1) is 17.7. The normalized spacial score (nSPS) is 15.3. The number of carbonyl (C=O) groups excluding carboxylic acids is 1. The molecule has 2 aromatic carbocycles. The summed E-state index contributed by atoms with van der Waals surface area (Å²) in [5, 5.41) is 0.953. The Morgan fingerprint density at radius 1 is 1.00 bits per heavy atom. The fourth-order valence-corrected chi connectivity index (χ4v) is 3.95. The molecule has 4 rings (SSSR count). The molecule has 0 radical (unpaired) electrons. The van der Waals surface area contributed by atoms with Crippen molar-refractivity contribution in [3.63, 3.8) is 0 Å². The van der Waals surface area contributed by atoms with E-state index < -0.39 is 0 Å². The lowest BCUT2D eigenvalue weighted by atomic mass is 9.94. The molecule has 2 heterocycles. The summed E-state index contributed by atoms with van der Waals surface area (Å²) in [5.41, 5.74) is 5.85. The van der Waals surface area contributed by atoms with Crippen LogP contribution in [-0.4, -0.2) is 28.9 Å². The van der Waals surface area contributed by atoms with E-state index in [1.165, 1.54) is 5.56 Å². The third-order valence-electron chi connectivity index (χ3n) is 5.75. The summed E-state index contributed by atoms with van der Waals surface area (Å²) in [6, 6.07) is 16.4. The highest BCUT2D eigenvalue weighted by Crippen LogP contribution is 2.31. The van der Waals surface area contributed by atoms with Gasteiger partial charge in [-0.25, -0.2) is 4.98 Å². The average molecular weight is 358 g/mol. The molecule has 1 saturated heterocycles. The Morgan fingerprint density at radius 3 is 2.37 bits per heavy atom. The van der Waals surface area contributed by atoms with Crippen LogP contribution in [0.4, 0.5) is 0 Å². The number of carbonyl (C=O) groups is 1. The number of hydrogen-bond donors (Lipinski definition) is 0. The van der Waals surface area contributed by atoms with Gasteiger partial charge in [0.1, 0.15) is 0 Å². The summed E-state index contributed by atoms with van der Waals surface area (Å²) in [7, 11) is 0. The summed E-state index contributed by atoms with van der Waals surface area (Å²) >= 11 is 0. The predicted octanol–water partition coefficient (Wildman–Crippen LogP) is 5.39. The summed E-state index contributed by atoms with van der Waals surface area (Å²) in [5.74, 6) is 0.846. The molecule has 3 heteroatoms. The second-order valence-electron chi connectivity index (χ2n) is 7.82. The zero-order valence-corrected chi connectivity index (χ0v) is 16.3. The lowest BCUT2D eigenvalue weighted by molar-refractivity contribution is 0.0698. The van der Waals surface area contributed by atoms with Gasteiger partial charge in [-0.2, -0.15) is 0 Å². The smallest absolute Gasteiger partial charge is 0.254 e. The van der Waals surface area contributed by atoms with Gasteiger partial charge in [0.05, 0.1) is 16.8 Å². The van der Waals surface area contributed by atoms with Crippen LogP contribution in [0.5, 0.6) is 0 Å². The van der Waals surface area contributed by atoms with E-state index in [-0.39, 0.29) is 5.91 Å². The van der Waals surface area contributed by atoms with Gasteiger partial charge in [-0.15, -0.1) is 0 Å². The molecule has 3 aromatic rings. The molecule has 27 heavy (non-hydrogen) atoms. The Kier molecular flexibility index (Phi) is 4.69. The monoisotopic (exact) mass is 358 g/mol. The summed E-state index contributed by atoms with van der Waals surface area (Å²) in [6.07, 6.45) is 2.16. The third-order valence-corrected chi connectivity index (χ3v) is 5.75. The Balaban J connectivity index is 1.86. The van der Waals surface area contributed by atoms with Gasteiger partial charge >= 0.3 is 0 Å². The SMILES string of the molecule is Cc1ccc(-c2nc3ccccc3c(C(=O)N3CCC(C)CC3)c2C)cc1. The highest BCUT2D eigenvalue weighted by molar-refractivity contribution is 6.08. The van der Waals surface area contributed by atoms with Crippen LogP contribution in [0.25, 0.3) is 22.2 Å². The van der Waals surface area contributed by atoms with Crippen LogP contribution in [0, 0.1) is 19.8 Å². The molecule has 0 aliphatic carbocycles. The number of para-hydroxylation sites is 1. The molecule has 1 amide bonds. The average Bonchev–Trinajstić information content (AvgIpc) is 2.68. The molecule has 138 valence electrons. The standard InChI is InChI=1S/C24H26N2O/c1-16-8-10-19(11-9-16)23-18(3)22(20-6-4-5-7-21(20)25-23)24(27)26-14-12-17(2)13-15-26/h4-11,17H,12-15H2,1-3H3. The van der Waals surface area contributed by atoms with Gasteiger partial charge in [0, 0.05) is 24.0 Å². The first-order valence-corrected chi connectivity index (χ1v) is 9.80. The Labute approximate surface area is 161 Å². The van der Waals surface area contributed by atoms with Gasteiger partial charge < -0.3 is 4.90 Å². The second kappa shape index (κ2) is 7.15. The number of benzene rings is 2. The van der Waals surface area contributed by atoms with Gasteiger partial charge in [0.2, 0.25) is 0 Å².